The van der Waals surface area contributed by atoms with Gasteiger partial charge in [-0.05, 0) is 0 Å². The highest BCUT2D eigenvalue weighted by molar-refractivity contribution is 8.04. The van der Waals surface area contributed by atoms with E-state index in [1.54, 1.807) is 16.1 Å². The highest BCUT2D eigenvalue weighted by Gasteiger charge is 2.04. The van der Waals surface area contributed by atoms with Gasteiger partial charge < -0.3 is 0 Å². The van der Waals surface area contributed by atoms with Crippen LogP contribution in [-0.4, -0.2) is 8.12 Å². The number of hydrazine groups is 1. The summed E-state index contributed by atoms with van der Waals surface area (Å²) >= 11 is 5.26. The molecule has 0 fully saturated rings. The Labute approximate surface area is 51.9 Å². The zero-order valence-electron chi connectivity index (χ0n) is 3.48. The summed E-state index contributed by atoms with van der Waals surface area (Å²) < 4.78 is 3.08. The predicted octanol–water partition coefficient (Wildman–Crippen LogP) is 0.357. The second-order valence-corrected chi connectivity index (χ2v) is 2.72. The number of thiol groups is 1. The molecule has 0 unspecified atom stereocenters. The van der Waals surface area contributed by atoms with Crippen LogP contribution in [0.3, 0.4) is 0 Å². The fraction of sp³-hybridized carbons (Fsp3) is 0. The Hall–Kier alpha value is 0. The first-order valence-corrected chi connectivity index (χ1v) is 2.80. The first-order chi connectivity index (χ1) is 3.29. The molecule has 0 saturated carbocycles. The van der Waals surface area contributed by atoms with E-state index < -0.39 is 0 Å². The molecule has 3 nitrogen and oxygen atoms in total. The third kappa shape index (κ3) is 1.19. The molecule has 7 heavy (non-hydrogen) atoms. The molecule has 40 valence electrons. The van der Waals surface area contributed by atoms with Gasteiger partial charge in [0.15, 0.2) is 0 Å². The molecule has 0 aliphatic carbocycles. The summed E-state index contributed by atoms with van der Waals surface area (Å²) in [5, 5.41) is 0. The van der Waals surface area contributed by atoms with Gasteiger partial charge in [-0.1, -0.05) is 12.8 Å². The average molecular weight is 135 g/mol. The van der Waals surface area contributed by atoms with E-state index in [-0.39, 0.29) is 0 Å². The lowest BCUT2D eigenvalue weighted by molar-refractivity contribution is 0.681. The third-order valence-electron chi connectivity index (χ3n) is 0.519. The van der Waals surface area contributed by atoms with Gasteiger partial charge in [0.1, 0.15) is 0 Å². The first-order valence-electron chi connectivity index (χ1n) is 1.67. The van der Waals surface area contributed by atoms with Gasteiger partial charge in [0.25, 0.3) is 0 Å². The lowest BCUT2D eigenvalue weighted by Crippen LogP contribution is -2.13. The predicted molar refractivity (Wildman–Crippen MR) is 33.6 cm³/mol. The van der Waals surface area contributed by atoms with E-state index in [0.717, 1.165) is 0 Å². The average Bonchev–Trinajstić information content (AvgIpc) is 1.87. The second kappa shape index (κ2) is 1.85. The van der Waals surface area contributed by atoms with E-state index in [0.29, 0.717) is 0 Å². The van der Waals surface area contributed by atoms with Crippen LogP contribution in [0, 0.1) is 0 Å². The molecule has 5 heteroatoms. The Morgan fingerprint density at radius 3 is 2.43 bits per heavy atom. The van der Waals surface area contributed by atoms with E-state index in [1.807, 2.05) is 0 Å². The maximum atomic E-state index is 5.24. The lowest BCUT2D eigenvalue weighted by atomic mass is 11.0. The summed E-state index contributed by atoms with van der Waals surface area (Å²) in [6.07, 6.45) is 3.48. The molecule has 0 aromatic rings. The Morgan fingerprint density at radius 1 is 1.57 bits per heavy atom. The summed E-state index contributed by atoms with van der Waals surface area (Å²) in [6.45, 7) is 0. The van der Waals surface area contributed by atoms with Crippen LogP contribution < -0.4 is 5.84 Å². The van der Waals surface area contributed by atoms with Gasteiger partial charge in [0.2, 0.25) is 0 Å². The van der Waals surface area contributed by atoms with Crippen LogP contribution in [0.4, 0.5) is 0 Å². The largest absolute Gasteiger partial charge is 0.248 e. The summed E-state index contributed by atoms with van der Waals surface area (Å²) in [5.74, 6) is 5.24. The fourth-order valence-electron chi connectivity index (χ4n) is 0.274. The molecule has 0 aromatic carbocycles. The van der Waals surface area contributed by atoms with Crippen LogP contribution in [-0.2, 0) is 0 Å². The van der Waals surface area contributed by atoms with E-state index >= 15 is 0 Å². The molecule has 0 aromatic heterocycles. The van der Waals surface area contributed by atoms with E-state index in [4.69, 9.17) is 5.84 Å². The van der Waals surface area contributed by atoms with Gasteiger partial charge in [0, 0.05) is 12.4 Å². The molecular formula is C2H5N3S2. The van der Waals surface area contributed by atoms with Crippen molar-refractivity contribution in [2.75, 3.05) is 0 Å². The molecule has 0 radical (unpaired) electrons. The lowest BCUT2D eigenvalue weighted by Gasteiger charge is -2.05. The summed E-state index contributed by atoms with van der Waals surface area (Å²) in [5.41, 5.74) is 0. The van der Waals surface area contributed by atoms with Crippen LogP contribution in [0.1, 0.15) is 0 Å². The van der Waals surface area contributed by atoms with Gasteiger partial charge in [-0.2, -0.15) is 0 Å². The maximum Gasteiger partial charge on any atom is 0.0975 e. The topological polar surface area (TPSA) is 32.5 Å². The minimum atomic E-state index is 1.32. The Bertz CT molecular complexity index is 82.9. The van der Waals surface area contributed by atoms with Gasteiger partial charge in [0.05, 0.1) is 12.1 Å². The van der Waals surface area contributed by atoms with Crippen LogP contribution in [0.2, 0.25) is 0 Å². The first kappa shape index (κ1) is 5.14. The Balaban J connectivity index is 2.42. The van der Waals surface area contributed by atoms with Crippen molar-refractivity contribution in [2.45, 2.75) is 0 Å². The fourth-order valence-corrected chi connectivity index (χ4v) is 0.997. The van der Waals surface area contributed by atoms with Crippen LogP contribution in [0.5, 0.6) is 0 Å². The molecule has 0 saturated heterocycles. The van der Waals surface area contributed by atoms with Gasteiger partial charge >= 0.3 is 0 Å². The molecule has 0 amide bonds. The number of hydrogen-bond acceptors (Lipinski definition) is 5. The zero-order valence-corrected chi connectivity index (χ0v) is 5.19. The quantitative estimate of drug-likeness (QED) is 0.285. The highest BCUT2D eigenvalue weighted by atomic mass is 32.2. The molecule has 1 heterocycles. The van der Waals surface area contributed by atoms with Crippen molar-refractivity contribution >= 4 is 24.9 Å². The summed E-state index contributed by atoms with van der Waals surface area (Å²) in [7, 11) is 0. The molecule has 1 rings (SSSR count). The van der Waals surface area contributed by atoms with Gasteiger partial charge in [-0.15, -0.1) is 0 Å². The molecular weight excluding hydrogens is 130 g/mol. The van der Waals surface area contributed by atoms with Gasteiger partial charge in [-0.25, -0.2) is 14.0 Å². The van der Waals surface area contributed by atoms with Crippen molar-refractivity contribution in [1.82, 2.24) is 8.12 Å². The van der Waals surface area contributed by atoms with Crippen molar-refractivity contribution in [1.29, 1.82) is 0 Å². The second-order valence-electron chi connectivity index (χ2n) is 1.04. The van der Waals surface area contributed by atoms with E-state index in [9.17, 15) is 0 Å². The van der Waals surface area contributed by atoms with Crippen molar-refractivity contribution in [2.24, 2.45) is 5.84 Å². The van der Waals surface area contributed by atoms with E-state index in [2.05, 4.69) is 12.8 Å². The SMILES string of the molecule is NN1C=CN(S)S1. The minimum Gasteiger partial charge on any atom is -0.248 e. The van der Waals surface area contributed by atoms with Crippen molar-refractivity contribution < 1.29 is 0 Å². The standard InChI is InChI=1S/C2H5N3S2/c3-4-1-2-5(6)7-4/h1-2,6H,3H2. The number of nitrogens with two attached hydrogens (primary N) is 1. The zero-order chi connectivity index (χ0) is 5.28. The van der Waals surface area contributed by atoms with Crippen molar-refractivity contribution in [3.63, 3.8) is 0 Å². The van der Waals surface area contributed by atoms with E-state index in [1.165, 1.54) is 16.5 Å². The van der Waals surface area contributed by atoms with Crippen LogP contribution in [0.25, 0.3) is 0 Å². The number of hydrogen-bond donors (Lipinski definition) is 2. The highest BCUT2D eigenvalue weighted by Crippen LogP contribution is 2.21. The number of nitrogens with zero attached hydrogens (tertiary/aromatic N) is 2. The molecule has 0 bridgehead atoms. The molecule has 1 aliphatic rings. The normalized spacial score (nSPS) is 19.1. The molecule has 0 spiro atoms. The smallest absolute Gasteiger partial charge is 0.0975 e. The molecule has 2 N–H and O–H groups in total. The monoisotopic (exact) mass is 135 g/mol. The summed E-state index contributed by atoms with van der Waals surface area (Å²) in [4.78, 5) is 0. The Kier molecular flexibility index (Phi) is 1.36. The maximum absolute atomic E-state index is 5.24. The third-order valence-corrected chi connectivity index (χ3v) is 1.47. The molecule has 0 atom stereocenters. The molecule has 1 aliphatic heterocycles. The number of rotatable bonds is 0. The van der Waals surface area contributed by atoms with Gasteiger partial charge in [-0.3, -0.25) is 0 Å². The Morgan fingerprint density at radius 2 is 2.29 bits per heavy atom. The summed E-state index contributed by atoms with van der Waals surface area (Å²) in [6, 6.07) is 0. The van der Waals surface area contributed by atoms with Crippen molar-refractivity contribution in [3.8, 4) is 0 Å². The van der Waals surface area contributed by atoms with Crippen molar-refractivity contribution in [3.05, 3.63) is 12.4 Å². The minimum absolute atomic E-state index is 1.32. The van der Waals surface area contributed by atoms with Crippen LogP contribution in [0.15, 0.2) is 12.4 Å². The van der Waals surface area contributed by atoms with Crippen LogP contribution >= 0.6 is 24.9 Å².